The fourth-order valence-electron chi connectivity index (χ4n) is 2.99. The maximum atomic E-state index is 12.9. The number of anilines is 1. The average Bonchev–Trinajstić information content (AvgIpc) is 3.23. The molecule has 0 unspecified atom stereocenters. The standard InChI is InChI=1S/C17H17BrN6O2S/c18-14-4-1-2-5-15(14)27(25,26)23-10-8-22(9-11-23)16-12-17(20-13-19-16)24-7-3-6-21-24/h1-7,12-13H,8-11H2. The van der Waals surface area contributed by atoms with Crippen molar-refractivity contribution in [1.29, 1.82) is 0 Å². The van der Waals surface area contributed by atoms with Gasteiger partial charge in [-0.2, -0.15) is 9.40 Å². The van der Waals surface area contributed by atoms with E-state index < -0.39 is 10.0 Å². The van der Waals surface area contributed by atoms with Crippen molar-refractivity contribution in [3.05, 3.63) is 59.6 Å². The number of sulfonamides is 1. The minimum absolute atomic E-state index is 0.293. The van der Waals surface area contributed by atoms with Crippen LogP contribution in [-0.4, -0.2) is 58.7 Å². The summed E-state index contributed by atoms with van der Waals surface area (Å²) in [5.41, 5.74) is 0. The number of hydrogen-bond acceptors (Lipinski definition) is 6. The van der Waals surface area contributed by atoms with Crippen LogP contribution in [-0.2, 0) is 10.0 Å². The van der Waals surface area contributed by atoms with Gasteiger partial charge in [0, 0.05) is 49.1 Å². The van der Waals surface area contributed by atoms with Gasteiger partial charge in [0.25, 0.3) is 0 Å². The maximum absolute atomic E-state index is 12.9. The van der Waals surface area contributed by atoms with Crippen molar-refractivity contribution in [1.82, 2.24) is 24.1 Å². The monoisotopic (exact) mass is 448 g/mol. The molecule has 0 N–H and O–H groups in total. The summed E-state index contributed by atoms with van der Waals surface area (Å²) >= 11 is 3.33. The van der Waals surface area contributed by atoms with E-state index >= 15 is 0 Å². The van der Waals surface area contributed by atoms with Crippen LogP contribution in [0.25, 0.3) is 5.82 Å². The van der Waals surface area contributed by atoms with Gasteiger partial charge < -0.3 is 4.90 Å². The van der Waals surface area contributed by atoms with Gasteiger partial charge in [0.15, 0.2) is 5.82 Å². The number of nitrogens with zero attached hydrogens (tertiary/aromatic N) is 6. The lowest BCUT2D eigenvalue weighted by atomic mass is 10.3. The lowest BCUT2D eigenvalue weighted by Crippen LogP contribution is -2.49. The van der Waals surface area contributed by atoms with E-state index in [1.54, 1.807) is 35.1 Å². The van der Waals surface area contributed by atoms with Crippen LogP contribution < -0.4 is 4.90 Å². The molecular formula is C17H17BrN6O2S. The Bertz CT molecular complexity index is 1030. The van der Waals surface area contributed by atoms with Crippen molar-refractivity contribution in [2.24, 2.45) is 0 Å². The highest BCUT2D eigenvalue weighted by atomic mass is 79.9. The van der Waals surface area contributed by atoms with Gasteiger partial charge in [0.2, 0.25) is 10.0 Å². The third-order valence-corrected chi connectivity index (χ3v) is 7.31. The third kappa shape index (κ3) is 3.60. The summed E-state index contributed by atoms with van der Waals surface area (Å²) in [6, 6.07) is 10.6. The van der Waals surface area contributed by atoms with Crippen molar-refractivity contribution in [3.63, 3.8) is 0 Å². The normalized spacial score (nSPS) is 15.8. The first-order chi connectivity index (χ1) is 13.1. The zero-order valence-electron chi connectivity index (χ0n) is 14.3. The van der Waals surface area contributed by atoms with Crippen molar-refractivity contribution >= 4 is 31.8 Å². The number of hydrogen-bond donors (Lipinski definition) is 0. The predicted molar refractivity (Wildman–Crippen MR) is 104 cm³/mol. The van der Waals surface area contributed by atoms with Crippen LogP contribution >= 0.6 is 15.9 Å². The predicted octanol–water partition coefficient (Wildman–Crippen LogP) is 1.94. The van der Waals surface area contributed by atoms with E-state index in [4.69, 9.17) is 0 Å². The smallest absolute Gasteiger partial charge is 0.244 e. The topological polar surface area (TPSA) is 84.2 Å². The highest BCUT2D eigenvalue weighted by molar-refractivity contribution is 9.10. The summed E-state index contributed by atoms with van der Waals surface area (Å²) in [5.74, 6) is 1.43. The van der Waals surface area contributed by atoms with Crippen molar-refractivity contribution in [2.75, 3.05) is 31.1 Å². The lowest BCUT2D eigenvalue weighted by molar-refractivity contribution is 0.383. The number of benzene rings is 1. The summed E-state index contributed by atoms with van der Waals surface area (Å²) in [6.45, 7) is 1.90. The molecule has 0 amide bonds. The number of rotatable bonds is 4. The van der Waals surface area contributed by atoms with Gasteiger partial charge in [-0.05, 0) is 34.1 Å². The molecule has 8 nitrogen and oxygen atoms in total. The van der Waals surface area contributed by atoms with Gasteiger partial charge in [0.05, 0.1) is 4.90 Å². The Morgan fingerprint density at radius 2 is 1.70 bits per heavy atom. The Hall–Kier alpha value is -2.30. The fraction of sp³-hybridized carbons (Fsp3) is 0.235. The Labute approximate surface area is 165 Å². The minimum Gasteiger partial charge on any atom is -0.354 e. The van der Waals surface area contributed by atoms with E-state index in [0.717, 1.165) is 5.82 Å². The first-order valence-corrected chi connectivity index (χ1v) is 10.6. The van der Waals surface area contributed by atoms with E-state index in [1.165, 1.54) is 10.6 Å². The molecule has 0 atom stereocenters. The van der Waals surface area contributed by atoms with Crippen LogP contribution in [0.1, 0.15) is 0 Å². The van der Waals surface area contributed by atoms with E-state index in [-0.39, 0.29) is 0 Å². The molecule has 140 valence electrons. The molecule has 3 heterocycles. The van der Waals surface area contributed by atoms with Crippen LogP contribution in [0, 0.1) is 0 Å². The molecule has 0 saturated carbocycles. The second-order valence-corrected chi connectivity index (χ2v) is 8.77. The van der Waals surface area contributed by atoms with E-state index in [9.17, 15) is 8.42 Å². The van der Waals surface area contributed by atoms with Crippen LogP contribution in [0.5, 0.6) is 0 Å². The largest absolute Gasteiger partial charge is 0.354 e. The van der Waals surface area contributed by atoms with Gasteiger partial charge in [0.1, 0.15) is 12.1 Å². The molecule has 0 spiro atoms. The summed E-state index contributed by atoms with van der Waals surface area (Å²) in [7, 11) is -3.53. The zero-order chi connectivity index (χ0) is 18.9. The third-order valence-electron chi connectivity index (χ3n) is 4.39. The SMILES string of the molecule is O=S(=O)(c1ccccc1Br)N1CCN(c2cc(-n3cccn3)ncn2)CC1. The summed E-state index contributed by atoms with van der Waals surface area (Å²) < 4.78 is 29.6. The number of aromatic nitrogens is 4. The average molecular weight is 449 g/mol. The molecule has 1 fully saturated rings. The van der Waals surface area contributed by atoms with E-state index in [2.05, 4.69) is 35.9 Å². The van der Waals surface area contributed by atoms with E-state index in [1.807, 2.05) is 18.3 Å². The van der Waals surface area contributed by atoms with Gasteiger partial charge in [-0.15, -0.1) is 0 Å². The Morgan fingerprint density at radius 3 is 2.41 bits per heavy atom. The van der Waals surface area contributed by atoms with Crippen LogP contribution in [0.15, 0.2) is 64.5 Å². The van der Waals surface area contributed by atoms with E-state index in [0.29, 0.717) is 41.4 Å². The highest BCUT2D eigenvalue weighted by Gasteiger charge is 2.30. The number of piperazine rings is 1. The molecule has 0 aliphatic carbocycles. The molecule has 3 aromatic rings. The molecule has 1 aliphatic rings. The Balaban J connectivity index is 1.50. The van der Waals surface area contributed by atoms with Crippen molar-refractivity contribution < 1.29 is 8.42 Å². The molecule has 2 aromatic heterocycles. The lowest BCUT2D eigenvalue weighted by Gasteiger charge is -2.34. The molecular weight excluding hydrogens is 432 g/mol. The van der Waals surface area contributed by atoms with Crippen LogP contribution in [0.4, 0.5) is 5.82 Å². The molecule has 1 aliphatic heterocycles. The zero-order valence-corrected chi connectivity index (χ0v) is 16.7. The Kier molecular flexibility index (Phi) is 4.94. The molecule has 0 bridgehead atoms. The van der Waals surface area contributed by atoms with Crippen molar-refractivity contribution in [3.8, 4) is 5.82 Å². The molecule has 10 heteroatoms. The summed E-state index contributed by atoms with van der Waals surface area (Å²) in [5, 5.41) is 4.17. The van der Waals surface area contributed by atoms with Gasteiger partial charge in [-0.3, -0.25) is 0 Å². The van der Waals surface area contributed by atoms with Crippen molar-refractivity contribution in [2.45, 2.75) is 4.90 Å². The molecule has 1 aromatic carbocycles. The van der Waals surface area contributed by atoms with Gasteiger partial charge >= 0.3 is 0 Å². The minimum atomic E-state index is -3.53. The van der Waals surface area contributed by atoms with Crippen LogP contribution in [0.2, 0.25) is 0 Å². The second-order valence-electron chi connectivity index (χ2n) is 6.01. The van der Waals surface area contributed by atoms with Crippen LogP contribution in [0.3, 0.4) is 0 Å². The molecule has 27 heavy (non-hydrogen) atoms. The highest BCUT2D eigenvalue weighted by Crippen LogP contribution is 2.26. The summed E-state index contributed by atoms with van der Waals surface area (Å²) in [4.78, 5) is 10.9. The molecule has 4 rings (SSSR count). The molecule has 0 radical (unpaired) electrons. The molecule has 1 saturated heterocycles. The van der Waals surface area contributed by atoms with Gasteiger partial charge in [-0.25, -0.2) is 23.1 Å². The summed E-state index contributed by atoms with van der Waals surface area (Å²) in [6.07, 6.45) is 5.00. The Morgan fingerprint density at radius 1 is 0.963 bits per heavy atom. The second kappa shape index (κ2) is 7.37. The first kappa shape index (κ1) is 18.1. The number of halogens is 1. The quantitative estimate of drug-likeness (QED) is 0.606. The fourth-order valence-corrected chi connectivity index (χ4v) is 5.38. The first-order valence-electron chi connectivity index (χ1n) is 8.37. The maximum Gasteiger partial charge on any atom is 0.244 e. The van der Waals surface area contributed by atoms with Gasteiger partial charge in [-0.1, -0.05) is 12.1 Å².